The van der Waals surface area contributed by atoms with Gasteiger partial charge in [0.2, 0.25) is 0 Å². The highest BCUT2D eigenvalue weighted by Gasteiger charge is 2.31. The van der Waals surface area contributed by atoms with Crippen molar-refractivity contribution in [1.82, 2.24) is 0 Å². The number of rotatable bonds is 18. The van der Waals surface area contributed by atoms with E-state index in [4.69, 9.17) is 4.42 Å². The Morgan fingerprint density at radius 3 is 1.40 bits per heavy atom. The van der Waals surface area contributed by atoms with Gasteiger partial charge in [0.15, 0.2) is 5.76 Å². The van der Waals surface area contributed by atoms with Gasteiger partial charge in [0.05, 0.1) is 25.8 Å². The maximum Gasteiger partial charge on any atom is 0.251 e. The first kappa shape index (κ1) is 36.9. The van der Waals surface area contributed by atoms with Gasteiger partial charge >= 0.3 is 0 Å². The van der Waals surface area contributed by atoms with Crippen LogP contribution in [0.3, 0.4) is 0 Å². The quantitative estimate of drug-likeness (QED) is 0.0541. The Morgan fingerprint density at radius 1 is 0.562 bits per heavy atom. The lowest BCUT2D eigenvalue weighted by molar-refractivity contribution is -0.921. The van der Waals surface area contributed by atoms with Gasteiger partial charge in [-0.2, -0.15) is 22.7 Å². The van der Waals surface area contributed by atoms with Gasteiger partial charge in [-0.05, 0) is 31.4 Å². The normalized spacial score (nSPS) is 11.7. The molecule has 254 valence electrons. The maximum absolute atomic E-state index is 13.0. The molecule has 0 aliphatic carbocycles. The van der Waals surface area contributed by atoms with Crippen LogP contribution in [0, 0.1) is 0 Å². The first-order valence-corrected chi connectivity index (χ1v) is 18.7. The number of hydrogen-bond donors (Lipinski definition) is 0. The number of nitrogens with zero attached hydrogens (tertiary/aromatic N) is 1. The molecule has 1 aromatic heterocycles. The third kappa shape index (κ3) is 9.60. The largest absolute Gasteiger partial charge is 0.453 e. The third-order valence-electron chi connectivity index (χ3n) is 10.2. The Balaban J connectivity index is 0.000000217. The fraction of sp³-hybridized carbons (Fsp3) is 0.386. The van der Waals surface area contributed by atoms with Crippen molar-refractivity contribution >= 4 is 39.3 Å². The lowest BCUT2D eigenvalue weighted by Crippen LogP contribution is -2.66. The molecule has 4 aromatic carbocycles. The summed E-state index contributed by atoms with van der Waals surface area (Å²) >= 11 is 0. The Bertz CT molecular complexity index is 1460. The van der Waals surface area contributed by atoms with Gasteiger partial charge in [0.25, 0.3) is 5.78 Å². The fourth-order valence-corrected chi connectivity index (χ4v) is 7.49. The SMILES string of the molecule is CCCC[B-](c1ccccc1)(c1ccccc1)c1ccccc1.CCCC[N+](CCCC)(CCCC)CC(=O)c1cc2ccccc2o1. The highest BCUT2D eigenvalue weighted by molar-refractivity contribution is 7.11. The predicted molar refractivity (Wildman–Crippen MR) is 209 cm³/mol. The van der Waals surface area contributed by atoms with Gasteiger partial charge in [-0.15, -0.1) is 0 Å². The molecular weight excluding hydrogens is 585 g/mol. The van der Waals surface area contributed by atoms with Crippen LogP contribution in [0.25, 0.3) is 11.0 Å². The van der Waals surface area contributed by atoms with E-state index in [-0.39, 0.29) is 5.78 Å². The zero-order chi connectivity index (χ0) is 34.1. The lowest BCUT2D eigenvalue weighted by Gasteiger charge is -2.43. The molecular formula is C44H58BNO2. The van der Waals surface area contributed by atoms with Crippen LogP contribution in [0.15, 0.2) is 126 Å². The molecule has 0 fully saturated rings. The topological polar surface area (TPSA) is 30.2 Å². The molecule has 0 bridgehead atoms. The van der Waals surface area contributed by atoms with Crippen LogP contribution in [0.2, 0.25) is 6.32 Å². The van der Waals surface area contributed by atoms with Crippen LogP contribution < -0.4 is 16.4 Å². The number of fused-ring (bicyclic) bond motifs is 1. The number of unbranched alkanes of at least 4 members (excludes halogenated alkanes) is 4. The first-order chi connectivity index (χ1) is 23.5. The molecule has 0 spiro atoms. The Morgan fingerprint density at radius 2 is 0.979 bits per heavy atom. The Labute approximate surface area is 290 Å². The molecule has 1 heterocycles. The molecule has 5 aromatic rings. The minimum Gasteiger partial charge on any atom is -0.453 e. The number of Topliss-reactive ketones (excluding diaryl/α,β-unsaturated/α-hetero) is 1. The number of para-hydroxylation sites is 1. The van der Waals surface area contributed by atoms with Crippen LogP contribution in [0.1, 0.15) is 89.6 Å². The van der Waals surface area contributed by atoms with Gasteiger partial charge in [-0.25, -0.2) is 0 Å². The van der Waals surface area contributed by atoms with Crippen molar-refractivity contribution < 1.29 is 13.7 Å². The summed E-state index contributed by atoms with van der Waals surface area (Å²) in [5, 5.41) is 1.01. The summed E-state index contributed by atoms with van der Waals surface area (Å²) in [5.74, 6) is 0.674. The number of hydrogen-bond acceptors (Lipinski definition) is 2. The molecule has 48 heavy (non-hydrogen) atoms. The van der Waals surface area contributed by atoms with Gasteiger partial charge in [-0.3, -0.25) is 4.79 Å². The van der Waals surface area contributed by atoms with Crippen molar-refractivity contribution in [3.8, 4) is 0 Å². The third-order valence-corrected chi connectivity index (χ3v) is 10.2. The van der Waals surface area contributed by atoms with E-state index in [0.29, 0.717) is 12.3 Å². The summed E-state index contributed by atoms with van der Waals surface area (Å²) in [6.45, 7) is 12.8. The van der Waals surface area contributed by atoms with Crippen LogP contribution in [-0.4, -0.2) is 42.6 Å². The average molecular weight is 644 g/mol. The highest BCUT2D eigenvalue weighted by Crippen LogP contribution is 2.22. The van der Waals surface area contributed by atoms with Gasteiger partial charge in [0, 0.05) is 5.39 Å². The van der Waals surface area contributed by atoms with Crippen LogP contribution in [0.5, 0.6) is 0 Å². The van der Waals surface area contributed by atoms with Crippen LogP contribution in [0.4, 0.5) is 0 Å². The Hall–Kier alpha value is -3.89. The maximum atomic E-state index is 13.0. The van der Waals surface area contributed by atoms with Crippen molar-refractivity contribution in [2.45, 2.75) is 85.4 Å². The molecule has 0 unspecified atom stereocenters. The van der Waals surface area contributed by atoms with E-state index < -0.39 is 6.15 Å². The second kappa shape index (κ2) is 19.2. The number of carbonyl (C=O) groups excluding carboxylic acids is 1. The van der Waals surface area contributed by atoms with Crippen molar-refractivity contribution in [2.24, 2.45) is 0 Å². The highest BCUT2D eigenvalue weighted by atomic mass is 16.3. The molecule has 0 N–H and O–H groups in total. The average Bonchev–Trinajstić information content (AvgIpc) is 3.59. The zero-order valence-corrected chi connectivity index (χ0v) is 30.1. The number of furan rings is 1. The number of carbonyl (C=O) groups is 1. The van der Waals surface area contributed by atoms with Crippen LogP contribution >= 0.6 is 0 Å². The van der Waals surface area contributed by atoms with Crippen LogP contribution in [-0.2, 0) is 0 Å². The summed E-state index contributed by atoms with van der Waals surface area (Å²) in [6.07, 6.45) is 9.81. The van der Waals surface area contributed by atoms with Gasteiger partial charge in [-0.1, -0.05) is 169 Å². The van der Waals surface area contributed by atoms with Crippen molar-refractivity contribution in [3.63, 3.8) is 0 Å². The Kier molecular flexibility index (Phi) is 14.8. The molecule has 4 heteroatoms. The predicted octanol–water partition coefficient (Wildman–Crippen LogP) is 9.79. The lowest BCUT2D eigenvalue weighted by atomic mass is 9.14. The minimum absolute atomic E-state index is 0.152. The van der Waals surface area contributed by atoms with E-state index in [1.807, 2.05) is 30.3 Å². The monoisotopic (exact) mass is 643 g/mol. The van der Waals surface area contributed by atoms with Gasteiger partial charge in [0.1, 0.15) is 12.1 Å². The summed E-state index contributed by atoms with van der Waals surface area (Å²) in [7, 11) is 0. The van der Waals surface area contributed by atoms with E-state index in [1.54, 1.807) is 0 Å². The van der Waals surface area contributed by atoms with E-state index in [1.165, 1.54) is 74.1 Å². The van der Waals surface area contributed by atoms with Gasteiger partial charge < -0.3 is 8.90 Å². The molecule has 0 saturated heterocycles. The summed E-state index contributed by atoms with van der Waals surface area (Å²) < 4.78 is 6.75. The zero-order valence-electron chi connectivity index (χ0n) is 30.1. The summed E-state index contributed by atoms with van der Waals surface area (Å²) in [5.41, 5.74) is 5.13. The van der Waals surface area contributed by atoms with Crippen molar-refractivity contribution in [2.75, 3.05) is 26.2 Å². The fourth-order valence-electron chi connectivity index (χ4n) is 7.49. The molecule has 0 radical (unpaired) electrons. The summed E-state index contributed by atoms with van der Waals surface area (Å²) in [6, 6.07) is 42.9. The number of quaternary nitrogens is 1. The smallest absolute Gasteiger partial charge is 0.251 e. The standard InChI is InChI=1S/C22H24B.C22H34NO2/c1-2-3-19-23(20-13-7-4-8-14-20,21-15-9-5-10-16-21)22-17-11-6-12-18-22;1-4-7-14-23(15-8-5-2,16-9-6-3)18-20(24)22-17-19-12-10-11-13-21(19)25-22/h4-18H,2-3,19H2,1H3;10-13,17H,4-9,14-16,18H2,1-3H3/q-1;+1. The van der Waals surface area contributed by atoms with E-state index >= 15 is 0 Å². The first-order valence-electron chi connectivity index (χ1n) is 18.7. The molecule has 0 atom stereocenters. The molecule has 0 amide bonds. The van der Waals surface area contributed by atoms with E-state index in [9.17, 15) is 4.79 Å². The number of ketones is 1. The number of benzene rings is 4. The van der Waals surface area contributed by atoms with Crippen molar-refractivity contribution in [1.29, 1.82) is 0 Å². The molecule has 0 saturated carbocycles. The van der Waals surface area contributed by atoms with E-state index in [2.05, 4.69) is 119 Å². The molecule has 5 rings (SSSR count). The second-order valence-corrected chi connectivity index (χ2v) is 13.7. The molecule has 0 aliphatic rings. The minimum atomic E-state index is -0.913. The molecule has 0 aliphatic heterocycles. The second-order valence-electron chi connectivity index (χ2n) is 13.7. The van der Waals surface area contributed by atoms with E-state index in [0.717, 1.165) is 35.1 Å². The van der Waals surface area contributed by atoms with Crippen molar-refractivity contribution in [3.05, 3.63) is 127 Å². The summed E-state index contributed by atoms with van der Waals surface area (Å²) in [4.78, 5) is 13.0. The molecule has 3 nitrogen and oxygen atoms in total.